The van der Waals surface area contributed by atoms with Gasteiger partial charge in [0.25, 0.3) is 0 Å². The zero-order valence-corrected chi connectivity index (χ0v) is 21.7. The second kappa shape index (κ2) is 13.9. The lowest BCUT2D eigenvalue weighted by Crippen LogP contribution is -2.49. The number of carbonyl (C=O) groups is 5. The number of fused-ring (bicyclic) bond motifs is 1. The van der Waals surface area contributed by atoms with Gasteiger partial charge in [0.05, 0.1) is 25.1 Å². The summed E-state index contributed by atoms with van der Waals surface area (Å²) < 4.78 is 44.9. The van der Waals surface area contributed by atoms with Gasteiger partial charge in [0.1, 0.15) is 11.6 Å². The van der Waals surface area contributed by atoms with Gasteiger partial charge in [-0.3, -0.25) is 24.0 Å². The Kier molecular flexibility index (Phi) is 10.4. The third-order valence-electron chi connectivity index (χ3n) is 5.71. The number of nitrogens with one attached hydrogen (secondary N) is 4. The molecule has 4 amide bonds. The van der Waals surface area contributed by atoms with Gasteiger partial charge in [-0.1, -0.05) is 30.3 Å². The maximum atomic E-state index is 13.3. The number of carbonyl (C=O) groups excluding carboxylic acids is 4. The summed E-state index contributed by atoms with van der Waals surface area (Å²) in [6.07, 6.45) is -5.55. The van der Waals surface area contributed by atoms with Gasteiger partial charge in [-0.15, -0.1) is 0 Å². The predicted octanol–water partition coefficient (Wildman–Crippen LogP) is 1.58. The van der Waals surface area contributed by atoms with Gasteiger partial charge in [0, 0.05) is 36.0 Å². The van der Waals surface area contributed by atoms with Crippen LogP contribution in [-0.4, -0.2) is 53.8 Å². The number of anilines is 1. The van der Waals surface area contributed by atoms with E-state index in [2.05, 4.69) is 21.3 Å². The summed E-state index contributed by atoms with van der Waals surface area (Å²) >= 11 is 0. The summed E-state index contributed by atoms with van der Waals surface area (Å²) in [5, 5.41) is 17.6. The Hall–Kier alpha value is -5.21. The van der Waals surface area contributed by atoms with Crippen LogP contribution in [0.2, 0.25) is 0 Å². The lowest BCUT2D eigenvalue weighted by atomic mass is 10.0. The topological polar surface area (TPSA) is 184 Å². The minimum Gasteiger partial charge on any atom is -0.481 e. The minimum absolute atomic E-state index is 0.00534. The van der Waals surface area contributed by atoms with Crippen molar-refractivity contribution in [1.82, 2.24) is 16.0 Å². The molecular weight excluding hydrogens is 565 g/mol. The van der Waals surface area contributed by atoms with Gasteiger partial charge in [0.15, 0.2) is 0 Å². The zero-order valence-electron chi connectivity index (χ0n) is 21.7. The molecule has 0 spiro atoms. The van der Waals surface area contributed by atoms with Gasteiger partial charge in [-0.2, -0.15) is 13.2 Å². The largest absolute Gasteiger partial charge is 0.481 e. The standard InChI is InChI=1S/C27H25F3N4O8/c28-27(29,30)18-12-25(40)42-20-11-16(6-7-17(18)20)33-26(41)19(10-15-4-2-1-3-5-15)34-23(37)14-32-22(36)13-31-21(35)8-9-24(38)39/h1-7,11-12,19H,8-10,13-14H2,(H,31,35)(H,32,36)(H,33,41)(H,34,37)(H,38,39). The molecule has 3 aromatic rings. The van der Waals surface area contributed by atoms with Crippen molar-refractivity contribution in [3.63, 3.8) is 0 Å². The SMILES string of the molecule is O=C(O)CCC(=O)NCC(=O)NCC(=O)NC(Cc1ccccc1)C(=O)Nc1ccc2c(C(F)(F)F)cc(=O)oc2c1. The predicted molar refractivity (Wildman–Crippen MR) is 141 cm³/mol. The Morgan fingerprint density at radius 1 is 0.857 bits per heavy atom. The Morgan fingerprint density at radius 3 is 2.19 bits per heavy atom. The molecule has 0 radical (unpaired) electrons. The summed E-state index contributed by atoms with van der Waals surface area (Å²) in [7, 11) is 0. The number of rotatable bonds is 12. The highest BCUT2D eigenvalue weighted by atomic mass is 19.4. The van der Waals surface area contributed by atoms with Crippen molar-refractivity contribution in [2.24, 2.45) is 0 Å². The Balaban J connectivity index is 1.67. The van der Waals surface area contributed by atoms with Gasteiger partial charge >= 0.3 is 17.8 Å². The molecule has 0 aliphatic carbocycles. The molecule has 0 bridgehead atoms. The van der Waals surface area contributed by atoms with E-state index in [1.807, 2.05) is 0 Å². The molecule has 1 unspecified atom stereocenters. The fourth-order valence-electron chi connectivity index (χ4n) is 3.74. The number of alkyl halides is 3. The molecule has 222 valence electrons. The fourth-order valence-corrected chi connectivity index (χ4v) is 3.74. The molecule has 1 aromatic heterocycles. The fraction of sp³-hybridized carbons (Fsp3) is 0.259. The summed E-state index contributed by atoms with van der Waals surface area (Å²) in [4.78, 5) is 71.4. The van der Waals surface area contributed by atoms with E-state index in [4.69, 9.17) is 9.52 Å². The first-order valence-electron chi connectivity index (χ1n) is 12.4. The van der Waals surface area contributed by atoms with E-state index in [-0.39, 0.29) is 23.9 Å². The number of hydrogen-bond acceptors (Lipinski definition) is 7. The van der Waals surface area contributed by atoms with Crippen LogP contribution in [0, 0.1) is 0 Å². The molecule has 42 heavy (non-hydrogen) atoms. The number of carboxylic acid groups (broad SMARTS) is 1. The monoisotopic (exact) mass is 590 g/mol. The van der Waals surface area contributed by atoms with Gasteiger partial charge < -0.3 is 30.8 Å². The summed E-state index contributed by atoms with van der Waals surface area (Å²) in [5.74, 6) is -4.11. The highest BCUT2D eigenvalue weighted by Crippen LogP contribution is 2.34. The van der Waals surface area contributed by atoms with Gasteiger partial charge in [0.2, 0.25) is 23.6 Å². The van der Waals surface area contributed by atoms with Crippen LogP contribution in [0.25, 0.3) is 11.0 Å². The maximum absolute atomic E-state index is 13.3. The molecule has 3 rings (SSSR count). The molecule has 0 fully saturated rings. The maximum Gasteiger partial charge on any atom is 0.417 e. The first-order valence-corrected chi connectivity index (χ1v) is 12.4. The second-order valence-electron chi connectivity index (χ2n) is 8.93. The van der Waals surface area contributed by atoms with Crippen molar-refractivity contribution in [3.05, 3.63) is 76.1 Å². The third kappa shape index (κ3) is 9.46. The van der Waals surface area contributed by atoms with Crippen molar-refractivity contribution in [2.45, 2.75) is 31.5 Å². The highest BCUT2D eigenvalue weighted by molar-refractivity contribution is 5.99. The first kappa shape index (κ1) is 31.3. The average Bonchev–Trinajstić information content (AvgIpc) is 2.92. The molecular formula is C27H25F3N4O8. The molecule has 0 saturated heterocycles. The minimum atomic E-state index is -4.81. The summed E-state index contributed by atoms with van der Waals surface area (Å²) in [6.45, 7) is -1.07. The van der Waals surface area contributed by atoms with E-state index in [0.717, 1.165) is 12.1 Å². The average molecular weight is 591 g/mol. The number of amides is 4. The van der Waals surface area contributed by atoms with Crippen LogP contribution in [0.4, 0.5) is 18.9 Å². The van der Waals surface area contributed by atoms with Crippen LogP contribution >= 0.6 is 0 Å². The molecule has 12 nitrogen and oxygen atoms in total. The number of aliphatic carboxylic acids is 1. The molecule has 5 N–H and O–H groups in total. The highest BCUT2D eigenvalue weighted by Gasteiger charge is 2.34. The number of halogens is 3. The second-order valence-corrected chi connectivity index (χ2v) is 8.93. The summed E-state index contributed by atoms with van der Waals surface area (Å²) in [6, 6.07) is 11.0. The van der Waals surface area contributed by atoms with Crippen molar-refractivity contribution in [2.75, 3.05) is 18.4 Å². The smallest absolute Gasteiger partial charge is 0.417 e. The summed E-state index contributed by atoms with van der Waals surface area (Å²) in [5.41, 5.74) is -2.18. The number of carboxylic acids is 1. The van der Waals surface area contributed by atoms with E-state index in [9.17, 15) is 41.9 Å². The Bertz CT molecular complexity index is 1540. The molecule has 0 aliphatic heterocycles. The van der Waals surface area contributed by atoms with Crippen LogP contribution in [-0.2, 0) is 36.6 Å². The number of hydrogen-bond donors (Lipinski definition) is 5. The van der Waals surface area contributed by atoms with Crippen LogP contribution in [0.15, 0.2) is 63.8 Å². The molecule has 2 aromatic carbocycles. The van der Waals surface area contributed by atoms with Gasteiger partial charge in [-0.25, -0.2) is 4.79 Å². The quantitative estimate of drug-likeness (QED) is 0.197. The van der Waals surface area contributed by atoms with E-state index < -0.39 is 78.1 Å². The molecule has 0 saturated carbocycles. The number of benzene rings is 2. The normalized spacial score (nSPS) is 11.8. The molecule has 1 heterocycles. The van der Waals surface area contributed by atoms with Crippen LogP contribution in [0.3, 0.4) is 0 Å². The Morgan fingerprint density at radius 2 is 1.52 bits per heavy atom. The van der Waals surface area contributed by atoms with E-state index >= 15 is 0 Å². The van der Waals surface area contributed by atoms with Gasteiger partial charge in [-0.05, 0) is 17.7 Å². The van der Waals surface area contributed by atoms with Crippen LogP contribution < -0.4 is 26.9 Å². The Labute approximate surface area is 235 Å². The van der Waals surface area contributed by atoms with Crippen molar-refractivity contribution in [1.29, 1.82) is 0 Å². The van der Waals surface area contributed by atoms with E-state index in [0.29, 0.717) is 11.6 Å². The van der Waals surface area contributed by atoms with E-state index in [1.54, 1.807) is 30.3 Å². The zero-order chi connectivity index (χ0) is 30.9. The van der Waals surface area contributed by atoms with E-state index in [1.165, 1.54) is 6.07 Å². The first-order chi connectivity index (χ1) is 19.8. The van der Waals surface area contributed by atoms with Crippen molar-refractivity contribution in [3.8, 4) is 0 Å². The lowest BCUT2D eigenvalue weighted by molar-refractivity contribution is -0.139. The third-order valence-corrected chi connectivity index (χ3v) is 5.71. The lowest BCUT2D eigenvalue weighted by Gasteiger charge is -2.19. The van der Waals surface area contributed by atoms with Crippen molar-refractivity contribution < 1.29 is 46.7 Å². The van der Waals surface area contributed by atoms with Crippen LogP contribution in [0.5, 0.6) is 0 Å². The molecule has 15 heteroatoms. The molecule has 1 atom stereocenters. The van der Waals surface area contributed by atoms with Crippen LogP contribution in [0.1, 0.15) is 24.0 Å². The molecule has 0 aliphatic rings. The van der Waals surface area contributed by atoms with Crippen molar-refractivity contribution >= 4 is 46.3 Å².